The van der Waals surface area contributed by atoms with E-state index >= 15 is 0 Å². The Balaban J connectivity index is 2.00. The van der Waals surface area contributed by atoms with Crippen LogP contribution in [0, 0.1) is 0 Å². The molecule has 0 spiro atoms. The largest absolute Gasteiger partial charge is 0.375 e. The van der Waals surface area contributed by atoms with E-state index < -0.39 is 0 Å². The summed E-state index contributed by atoms with van der Waals surface area (Å²) in [6.45, 7) is 0. The first-order chi connectivity index (χ1) is 6.86. The molecule has 1 saturated carbocycles. The molecule has 2 nitrogen and oxygen atoms in total. The third kappa shape index (κ3) is 2.13. The van der Waals surface area contributed by atoms with Crippen LogP contribution in [0.15, 0.2) is 30.3 Å². The second-order valence-electron chi connectivity index (χ2n) is 3.78. The monoisotopic (exact) mass is 189 g/mol. The van der Waals surface area contributed by atoms with Crippen molar-refractivity contribution in [1.29, 1.82) is 0 Å². The van der Waals surface area contributed by atoms with Gasteiger partial charge in [0, 0.05) is 12.1 Å². The second kappa shape index (κ2) is 4.27. The molecule has 0 aliphatic heterocycles. The van der Waals surface area contributed by atoms with E-state index in [0.717, 1.165) is 31.4 Å². The Hall–Kier alpha value is -1.31. The van der Waals surface area contributed by atoms with Crippen LogP contribution in [0.3, 0.4) is 0 Å². The van der Waals surface area contributed by atoms with Gasteiger partial charge >= 0.3 is 0 Å². The molecule has 0 saturated heterocycles. The van der Waals surface area contributed by atoms with Crippen molar-refractivity contribution in [2.45, 2.75) is 31.7 Å². The highest BCUT2D eigenvalue weighted by molar-refractivity contribution is 5.87. The van der Waals surface area contributed by atoms with E-state index in [4.69, 9.17) is 0 Å². The first-order valence-corrected chi connectivity index (χ1v) is 5.20. The van der Waals surface area contributed by atoms with Crippen LogP contribution in [-0.4, -0.2) is 11.8 Å². The molecule has 0 aromatic heterocycles. The Bertz CT molecular complexity index is 307. The Morgan fingerprint density at radius 2 is 1.93 bits per heavy atom. The number of hydrogen-bond acceptors (Lipinski definition) is 2. The van der Waals surface area contributed by atoms with Crippen molar-refractivity contribution in [2.75, 3.05) is 5.32 Å². The third-order valence-corrected chi connectivity index (χ3v) is 2.67. The van der Waals surface area contributed by atoms with Crippen LogP contribution in [-0.2, 0) is 4.79 Å². The number of nitrogens with one attached hydrogen (secondary N) is 1. The maximum absolute atomic E-state index is 11.5. The number of benzene rings is 1. The standard InChI is InChI=1S/C12H15NO/c14-12-9-5-4-8-11(12)13-10-6-2-1-3-7-10/h1-3,6-7,11,13H,4-5,8-9H2/t11-/m0/s1. The van der Waals surface area contributed by atoms with Gasteiger partial charge in [0.05, 0.1) is 6.04 Å². The molecule has 1 fully saturated rings. The summed E-state index contributed by atoms with van der Waals surface area (Å²) in [7, 11) is 0. The first kappa shape index (κ1) is 9.25. The average molecular weight is 189 g/mol. The Morgan fingerprint density at radius 1 is 1.14 bits per heavy atom. The smallest absolute Gasteiger partial charge is 0.155 e. The predicted molar refractivity (Wildman–Crippen MR) is 57.3 cm³/mol. The lowest BCUT2D eigenvalue weighted by molar-refractivity contribution is -0.121. The van der Waals surface area contributed by atoms with E-state index in [1.165, 1.54) is 0 Å². The van der Waals surface area contributed by atoms with Gasteiger partial charge in [-0.15, -0.1) is 0 Å². The average Bonchev–Trinajstić information content (AvgIpc) is 2.23. The fraction of sp³-hybridized carbons (Fsp3) is 0.417. The molecule has 0 unspecified atom stereocenters. The minimum absolute atomic E-state index is 0.0474. The Morgan fingerprint density at radius 3 is 2.64 bits per heavy atom. The van der Waals surface area contributed by atoms with Gasteiger partial charge in [0.15, 0.2) is 5.78 Å². The van der Waals surface area contributed by atoms with Crippen LogP contribution >= 0.6 is 0 Å². The molecule has 1 aliphatic carbocycles. The molecule has 1 atom stereocenters. The third-order valence-electron chi connectivity index (χ3n) is 2.67. The maximum atomic E-state index is 11.5. The van der Waals surface area contributed by atoms with Gasteiger partial charge in [-0.25, -0.2) is 0 Å². The molecule has 1 aromatic carbocycles. The van der Waals surface area contributed by atoms with Gasteiger partial charge in [-0.05, 0) is 25.0 Å². The molecule has 0 bridgehead atoms. The van der Waals surface area contributed by atoms with Crippen LogP contribution < -0.4 is 5.32 Å². The molecular weight excluding hydrogens is 174 g/mol. The van der Waals surface area contributed by atoms with Crippen molar-refractivity contribution < 1.29 is 4.79 Å². The summed E-state index contributed by atoms with van der Waals surface area (Å²) in [4.78, 5) is 11.5. The highest BCUT2D eigenvalue weighted by Crippen LogP contribution is 2.18. The molecular formula is C12H15NO. The van der Waals surface area contributed by atoms with Crippen LogP contribution in [0.1, 0.15) is 25.7 Å². The number of Topliss-reactive ketones (excluding diaryl/α,β-unsaturated/α-hetero) is 1. The van der Waals surface area contributed by atoms with Crippen LogP contribution in [0.2, 0.25) is 0 Å². The van der Waals surface area contributed by atoms with Crippen LogP contribution in [0.25, 0.3) is 0 Å². The predicted octanol–water partition coefficient (Wildman–Crippen LogP) is 2.61. The number of carbonyl (C=O) groups excluding carboxylic acids is 1. The second-order valence-corrected chi connectivity index (χ2v) is 3.78. The van der Waals surface area contributed by atoms with E-state index in [0.29, 0.717) is 5.78 Å². The fourth-order valence-electron chi connectivity index (χ4n) is 1.87. The van der Waals surface area contributed by atoms with E-state index in [-0.39, 0.29) is 6.04 Å². The number of para-hydroxylation sites is 1. The summed E-state index contributed by atoms with van der Waals surface area (Å²) in [5.41, 5.74) is 1.05. The highest BCUT2D eigenvalue weighted by Gasteiger charge is 2.21. The van der Waals surface area contributed by atoms with E-state index in [2.05, 4.69) is 5.32 Å². The van der Waals surface area contributed by atoms with Gasteiger partial charge < -0.3 is 5.32 Å². The Labute approximate surface area is 84.3 Å². The van der Waals surface area contributed by atoms with Gasteiger partial charge in [0.2, 0.25) is 0 Å². The van der Waals surface area contributed by atoms with Crippen molar-refractivity contribution in [2.24, 2.45) is 0 Å². The van der Waals surface area contributed by atoms with Crippen LogP contribution in [0.4, 0.5) is 5.69 Å². The fourth-order valence-corrected chi connectivity index (χ4v) is 1.87. The van der Waals surface area contributed by atoms with Gasteiger partial charge in [-0.2, -0.15) is 0 Å². The normalized spacial score (nSPS) is 22.0. The minimum atomic E-state index is 0.0474. The topological polar surface area (TPSA) is 29.1 Å². The van der Waals surface area contributed by atoms with E-state index in [9.17, 15) is 4.79 Å². The van der Waals surface area contributed by atoms with Crippen molar-refractivity contribution >= 4 is 11.5 Å². The summed E-state index contributed by atoms with van der Waals surface area (Å²) in [5.74, 6) is 0.361. The zero-order valence-electron chi connectivity index (χ0n) is 8.20. The summed E-state index contributed by atoms with van der Waals surface area (Å²) >= 11 is 0. The molecule has 1 aliphatic rings. The lowest BCUT2D eigenvalue weighted by Gasteiger charge is -2.22. The molecule has 0 radical (unpaired) electrons. The molecule has 1 aromatic rings. The van der Waals surface area contributed by atoms with E-state index in [1.807, 2.05) is 30.3 Å². The summed E-state index contributed by atoms with van der Waals surface area (Å²) in [5, 5.41) is 3.28. The van der Waals surface area contributed by atoms with Crippen molar-refractivity contribution in [3.63, 3.8) is 0 Å². The number of carbonyl (C=O) groups is 1. The van der Waals surface area contributed by atoms with Gasteiger partial charge in [-0.1, -0.05) is 24.6 Å². The first-order valence-electron chi connectivity index (χ1n) is 5.20. The number of hydrogen-bond donors (Lipinski definition) is 1. The van der Waals surface area contributed by atoms with E-state index in [1.54, 1.807) is 0 Å². The summed E-state index contributed by atoms with van der Waals surface area (Å²) in [6, 6.07) is 9.99. The van der Waals surface area contributed by atoms with Crippen molar-refractivity contribution in [1.82, 2.24) is 0 Å². The lowest BCUT2D eigenvalue weighted by atomic mass is 9.94. The Kier molecular flexibility index (Phi) is 2.82. The maximum Gasteiger partial charge on any atom is 0.155 e. The number of rotatable bonds is 2. The SMILES string of the molecule is O=C1CCCC[C@@H]1Nc1ccccc1. The van der Waals surface area contributed by atoms with Gasteiger partial charge in [0.1, 0.15) is 0 Å². The molecule has 1 N–H and O–H groups in total. The number of ketones is 1. The van der Waals surface area contributed by atoms with Crippen molar-refractivity contribution in [3.05, 3.63) is 30.3 Å². The zero-order valence-corrected chi connectivity index (χ0v) is 8.20. The highest BCUT2D eigenvalue weighted by atomic mass is 16.1. The minimum Gasteiger partial charge on any atom is -0.375 e. The summed E-state index contributed by atoms with van der Waals surface area (Å²) < 4.78 is 0. The molecule has 0 heterocycles. The molecule has 0 amide bonds. The van der Waals surface area contributed by atoms with Gasteiger partial charge in [0.25, 0.3) is 0 Å². The lowest BCUT2D eigenvalue weighted by Crippen LogP contribution is -2.32. The molecule has 2 heteroatoms. The quantitative estimate of drug-likeness (QED) is 0.774. The number of anilines is 1. The van der Waals surface area contributed by atoms with Crippen LogP contribution in [0.5, 0.6) is 0 Å². The molecule has 14 heavy (non-hydrogen) atoms. The van der Waals surface area contributed by atoms with Crippen molar-refractivity contribution in [3.8, 4) is 0 Å². The van der Waals surface area contributed by atoms with Gasteiger partial charge in [-0.3, -0.25) is 4.79 Å². The molecule has 2 rings (SSSR count). The summed E-state index contributed by atoms with van der Waals surface area (Å²) in [6.07, 6.45) is 3.94. The zero-order chi connectivity index (χ0) is 9.80. The molecule has 74 valence electrons.